The number of nitrogens with one attached hydrogen (secondary N) is 1. The van der Waals surface area contributed by atoms with E-state index in [1.54, 1.807) is 26.4 Å². The van der Waals surface area contributed by atoms with E-state index in [1.165, 1.54) is 6.42 Å². The van der Waals surface area contributed by atoms with Crippen LogP contribution in [0.1, 0.15) is 55.4 Å². The number of piperidine rings is 1. The van der Waals surface area contributed by atoms with Crippen molar-refractivity contribution in [3.63, 3.8) is 0 Å². The van der Waals surface area contributed by atoms with Gasteiger partial charge in [0.05, 0.1) is 30.5 Å². The summed E-state index contributed by atoms with van der Waals surface area (Å²) in [6.45, 7) is 1.88. The molecule has 0 unspecified atom stereocenters. The number of likely N-dealkylation sites (tertiary alicyclic amines) is 1. The van der Waals surface area contributed by atoms with E-state index in [-0.39, 0.29) is 36.0 Å². The third kappa shape index (κ3) is 6.75. The normalized spacial score (nSPS) is 26.0. The van der Waals surface area contributed by atoms with Gasteiger partial charge in [-0.25, -0.2) is 9.78 Å². The molecule has 2 N–H and O–H groups in total. The van der Waals surface area contributed by atoms with Crippen LogP contribution in [0.3, 0.4) is 0 Å². The number of halogens is 2. The first kappa shape index (κ1) is 35.1. The Balaban J connectivity index is 0.00000417. The van der Waals surface area contributed by atoms with Gasteiger partial charge >= 0.3 is 6.16 Å². The Kier molecular flexibility index (Phi) is 10.2. The number of pyridine rings is 1. The Morgan fingerprint density at radius 1 is 0.918 bits per heavy atom. The van der Waals surface area contributed by atoms with E-state index in [1.807, 2.05) is 36.4 Å². The van der Waals surface area contributed by atoms with E-state index in [0.717, 1.165) is 51.6 Å². The van der Waals surface area contributed by atoms with Gasteiger partial charge in [-0.1, -0.05) is 23.7 Å². The Bertz CT molecular complexity index is 1660. The molecule has 2 aromatic carbocycles. The number of hydrogen-bond acceptors (Lipinski definition) is 8. The molecule has 3 aromatic rings. The second-order valence-electron chi connectivity index (χ2n) is 13.8. The van der Waals surface area contributed by atoms with Crippen LogP contribution in [0.2, 0.25) is 5.02 Å². The number of benzene rings is 2. The van der Waals surface area contributed by atoms with Crippen LogP contribution in [0, 0.1) is 23.7 Å². The fourth-order valence-corrected chi connectivity index (χ4v) is 8.98. The van der Waals surface area contributed by atoms with E-state index in [9.17, 15) is 14.7 Å². The van der Waals surface area contributed by atoms with Gasteiger partial charge in [-0.2, -0.15) is 0 Å². The topological polar surface area (TPSA) is 119 Å². The maximum absolute atomic E-state index is 14.2. The van der Waals surface area contributed by atoms with Crippen LogP contribution >= 0.6 is 24.0 Å². The van der Waals surface area contributed by atoms with Gasteiger partial charge in [0, 0.05) is 36.1 Å². The zero-order valence-corrected chi connectivity index (χ0v) is 29.5. The average molecular weight is 713 g/mol. The SMILES string of the molecule is COc1cccc(OC)c1-c1ccc(C(=O)NC2(OC(=O)O)C3CC4CC(C3)CC2C4)nc1-c1ccc(Cl)c(OC2CCN(C)CC2)c1.Cl. The van der Waals surface area contributed by atoms with E-state index >= 15 is 0 Å². The van der Waals surface area contributed by atoms with Crippen molar-refractivity contribution in [1.82, 2.24) is 15.2 Å². The van der Waals surface area contributed by atoms with Crippen molar-refractivity contribution in [2.45, 2.75) is 56.8 Å². The van der Waals surface area contributed by atoms with Gasteiger partial charge in [-0.05, 0) is 100 Å². The third-order valence-corrected chi connectivity index (χ3v) is 11.2. The Morgan fingerprint density at radius 3 is 2.14 bits per heavy atom. The van der Waals surface area contributed by atoms with Gasteiger partial charge < -0.3 is 34.3 Å². The van der Waals surface area contributed by atoms with Gasteiger partial charge in [-0.3, -0.25) is 4.79 Å². The van der Waals surface area contributed by atoms with Gasteiger partial charge in [-0.15, -0.1) is 12.4 Å². The minimum Gasteiger partial charge on any atom is -0.496 e. The van der Waals surface area contributed by atoms with Crippen molar-refractivity contribution in [3.05, 3.63) is 59.2 Å². The molecule has 0 spiro atoms. The molecule has 4 aliphatic carbocycles. The molecule has 1 saturated heterocycles. The lowest BCUT2D eigenvalue weighted by Gasteiger charge is -2.59. The molecule has 5 fully saturated rings. The zero-order valence-electron chi connectivity index (χ0n) is 27.9. The molecule has 2 heterocycles. The molecule has 4 bridgehead atoms. The fourth-order valence-electron chi connectivity index (χ4n) is 8.81. The van der Waals surface area contributed by atoms with E-state index < -0.39 is 17.8 Å². The number of carbonyl (C=O) groups excluding carboxylic acids is 1. The summed E-state index contributed by atoms with van der Waals surface area (Å²) in [7, 11) is 5.29. The summed E-state index contributed by atoms with van der Waals surface area (Å²) in [4.78, 5) is 33.5. The molecule has 1 amide bonds. The smallest absolute Gasteiger partial charge is 0.496 e. The van der Waals surface area contributed by atoms with Crippen LogP contribution in [-0.4, -0.2) is 73.2 Å². The Labute approximate surface area is 297 Å². The van der Waals surface area contributed by atoms with Gasteiger partial charge in [0.2, 0.25) is 0 Å². The molecule has 262 valence electrons. The van der Waals surface area contributed by atoms with E-state index in [4.69, 9.17) is 35.5 Å². The van der Waals surface area contributed by atoms with Crippen LogP contribution in [0.15, 0.2) is 48.5 Å². The number of nitrogens with zero attached hydrogens (tertiary/aromatic N) is 2. The van der Waals surface area contributed by atoms with Crippen LogP contribution in [0.4, 0.5) is 4.79 Å². The van der Waals surface area contributed by atoms with Gasteiger partial charge in [0.25, 0.3) is 5.91 Å². The van der Waals surface area contributed by atoms with Crippen molar-refractivity contribution < 1.29 is 33.6 Å². The number of carbonyl (C=O) groups is 2. The lowest BCUT2D eigenvalue weighted by atomic mass is 9.52. The van der Waals surface area contributed by atoms with Crippen molar-refractivity contribution in [3.8, 4) is 39.6 Å². The summed E-state index contributed by atoms with van der Waals surface area (Å²) >= 11 is 6.67. The molecule has 49 heavy (non-hydrogen) atoms. The lowest BCUT2D eigenvalue weighted by molar-refractivity contribution is -0.191. The predicted molar refractivity (Wildman–Crippen MR) is 188 cm³/mol. The monoisotopic (exact) mass is 711 g/mol. The van der Waals surface area contributed by atoms with E-state index in [2.05, 4.69) is 17.3 Å². The van der Waals surface area contributed by atoms with Crippen LogP contribution < -0.4 is 19.5 Å². The minimum absolute atomic E-state index is 0. The molecule has 10 nitrogen and oxygen atoms in total. The summed E-state index contributed by atoms with van der Waals surface area (Å²) < 4.78 is 23.6. The highest BCUT2D eigenvalue weighted by Gasteiger charge is 2.61. The largest absolute Gasteiger partial charge is 0.507 e. The highest BCUT2D eigenvalue weighted by Crippen LogP contribution is 2.58. The molecular formula is C37H43Cl2N3O7. The predicted octanol–water partition coefficient (Wildman–Crippen LogP) is 7.56. The van der Waals surface area contributed by atoms with Gasteiger partial charge in [0.15, 0.2) is 5.72 Å². The maximum atomic E-state index is 14.2. The standard InChI is InChI=1S/C37H42ClN3O7.ClH/c1-41-13-11-26(12-14-41)47-32-20-23(7-9-28(32)38)34-27(33-30(45-2)5-4-6-31(33)46-3)8-10-29(39-34)35(42)40-37(48-36(43)44)24-16-21-15-22(18-24)19-25(37)17-21;/h4-10,20-22,24-26H,11-19H2,1-3H3,(H,40,42)(H,43,44);1H. The fraction of sp³-hybridized carbons (Fsp3) is 0.486. The molecule has 5 aliphatic rings. The van der Waals surface area contributed by atoms with E-state index in [0.29, 0.717) is 56.5 Å². The highest BCUT2D eigenvalue weighted by molar-refractivity contribution is 6.32. The van der Waals surface area contributed by atoms with Crippen LogP contribution in [-0.2, 0) is 4.74 Å². The average Bonchev–Trinajstić information content (AvgIpc) is 3.07. The number of carboxylic acid groups (broad SMARTS) is 1. The Hall–Kier alpha value is -3.73. The Morgan fingerprint density at radius 2 is 1.55 bits per heavy atom. The number of methoxy groups -OCH3 is 2. The number of hydrogen-bond donors (Lipinski definition) is 2. The molecule has 8 rings (SSSR count). The first-order valence-electron chi connectivity index (χ1n) is 16.8. The number of ether oxygens (including phenoxy) is 4. The van der Waals surface area contributed by atoms with Crippen LogP contribution in [0.25, 0.3) is 22.4 Å². The molecule has 4 saturated carbocycles. The van der Waals surface area contributed by atoms with Crippen molar-refractivity contribution >= 4 is 36.1 Å². The first-order chi connectivity index (χ1) is 23.2. The summed E-state index contributed by atoms with van der Waals surface area (Å²) in [5.41, 5.74) is 1.39. The quantitative estimate of drug-likeness (QED) is 0.171. The zero-order chi connectivity index (χ0) is 33.6. The lowest BCUT2D eigenvalue weighted by Crippen LogP contribution is -2.68. The van der Waals surface area contributed by atoms with Crippen molar-refractivity contribution in [1.29, 1.82) is 0 Å². The molecule has 12 heteroatoms. The number of aromatic nitrogens is 1. The summed E-state index contributed by atoms with van der Waals surface area (Å²) in [5.74, 6) is 2.17. The summed E-state index contributed by atoms with van der Waals surface area (Å²) in [6.07, 6.45) is 4.97. The van der Waals surface area contributed by atoms with Crippen molar-refractivity contribution in [2.24, 2.45) is 23.7 Å². The molecule has 1 aliphatic heterocycles. The second kappa shape index (κ2) is 14.2. The minimum atomic E-state index is -1.38. The molecule has 0 atom stereocenters. The summed E-state index contributed by atoms with van der Waals surface area (Å²) in [6, 6.07) is 14.5. The number of rotatable bonds is 9. The third-order valence-electron chi connectivity index (χ3n) is 10.9. The molecule has 1 aromatic heterocycles. The first-order valence-corrected chi connectivity index (χ1v) is 17.2. The highest BCUT2D eigenvalue weighted by atomic mass is 35.5. The second-order valence-corrected chi connectivity index (χ2v) is 14.2. The summed E-state index contributed by atoms with van der Waals surface area (Å²) in [5, 5.41) is 13.4. The number of amides is 1. The van der Waals surface area contributed by atoms with Gasteiger partial charge in [0.1, 0.15) is 29.0 Å². The maximum Gasteiger partial charge on any atom is 0.507 e. The molecular weight excluding hydrogens is 669 g/mol. The van der Waals surface area contributed by atoms with Crippen molar-refractivity contribution in [2.75, 3.05) is 34.4 Å². The molecule has 0 radical (unpaired) electrons. The van der Waals surface area contributed by atoms with Crippen LogP contribution in [0.5, 0.6) is 17.2 Å².